The van der Waals surface area contributed by atoms with Crippen LogP contribution in [0.3, 0.4) is 0 Å². The maximum Gasteiger partial charge on any atom is 0.332 e. The van der Waals surface area contributed by atoms with Crippen LogP contribution in [0.4, 0.5) is 11.5 Å². The van der Waals surface area contributed by atoms with Crippen molar-refractivity contribution in [3.05, 3.63) is 90.9 Å². The molecule has 0 aliphatic carbocycles. The first-order chi connectivity index (χ1) is 17.8. The lowest BCUT2D eigenvalue weighted by Gasteiger charge is -2.36. The van der Waals surface area contributed by atoms with Crippen LogP contribution in [-0.2, 0) is 14.1 Å². The minimum atomic E-state index is -0.562. The Balaban J connectivity index is 1.30. The highest BCUT2D eigenvalue weighted by molar-refractivity contribution is 6.08. The molecule has 0 radical (unpaired) electrons. The zero-order valence-electron chi connectivity index (χ0n) is 20.7. The highest BCUT2D eigenvalue weighted by Gasteiger charge is 2.22. The topological polar surface area (TPSA) is 133 Å². The summed E-state index contributed by atoms with van der Waals surface area (Å²) in [7, 11) is 3.11. The molecule has 1 aromatic carbocycles. The van der Waals surface area contributed by atoms with Crippen molar-refractivity contribution in [2.75, 3.05) is 44.2 Å². The largest absolute Gasteiger partial charge is 0.487 e. The number of aromatic nitrogens is 3. The van der Waals surface area contributed by atoms with E-state index in [4.69, 9.17) is 4.74 Å². The van der Waals surface area contributed by atoms with Crippen LogP contribution in [0.5, 0.6) is 5.75 Å². The van der Waals surface area contributed by atoms with Crippen LogP contribution in [-0.4, -0.2) is 69.1 Å². The maximum atomic E-state index is 12.6. The summed E-state index contributed by atoms with van der Waals surface area (Å²) in [6.07, 6.45) is 2.14. The molecule has 0 saturated carbocycles. The number of pyridine rings is 1. The third-order valence-corrected chi connectivity index (χ3v) is 6.39. The third-order valence-electron chi connectivity index (χ3n) is 6.39. The maximum absolute atomic E-state index is 12.6. The average Bonchev–Trinajstić information content (AvgIpc) is 2.92. The van der Waals surface area contributed by atoms with Gasteiger partial charge in [0.15, 0.2) is 5.75 Å². The summed E-state index contributed by atoms with van der Waals surface area (Å²) in [6, 6.07) is 10.6. The van der Waals surface area contributed by atoms with E-state index in [0.717, 1.165) is 24.2 Å². The van der Waals surface area contributed by atoms with Gasteiger partial charge in [-0.05, 0) is 30.7 Å². The van der Waals surface area contributed by atoms with E-state index in [-0.39, 0.29) is 40.6 Å². The lowest BCUT2D eigenvalue weighted by Crippen LogP contribution is -2.49. The predicted molar refractivity (Wildman–Crippen MR) is 136 cm³/mol. The Morgan fingerprint density at radius 3 is 2.49 bits per heavy atom. The van der Waals surface area contributed by atoms with Gasteiger partial charge in [0.05, 0.1) is 11.5 Å². The predicted octanol–water partition coefficient (Wildman–Crippen LogP) is 1.21. The minimum Gasteiger partial charge on any atom is -0.487 e. The van der Waals surface area contributed by atoms with Gasteiger partial charge in [0.1, 0.15) is 11.5 Å². The van der Waals surface area contributed by atoms with Crippen molar-refractivity contribution in [2.24, 2.45) is 14.1 Å². The van der Waals surface area contributed by atoms with Crippen LogP contribution in [0.15, 0.2) is 58.3 Å². The van der Waals surface area contributed by atoms with Gasteiger partial charge in [-0.1, -0.05) is 6.07 Å². The second-order valence-corrected chi connectivity index (χ2v) is 8.76. The van der Waals surface area contributed by atoms with Crippen molar-refractivity contribution >= 4 is 17.3 Å². The standard InChI is InChI=1S/C25H28N6O6/c1-27-22(17-23(32)28(2)25(27)34)30-13-11-29(12-14-30)10-5-15-37-21-8-7-18(16-20(21)31(35)36)24(33)19-6-3-4-9-26-19/h3-4,6-9,16-17H,5,10-15H2,1-2H3. The van der Waals surface area contributed by atoms with E-state index in [0.29, 0.717) is 25.3 Å². The number of rotatable bonds is 9. The second kappa shape index (κ2) is 11.2. The van der Waals surface area contributed by atoms with Crippen LogP contribution in [0.1, 0.15) is 22.5 Å². The molecule has 37 heavy (non-hydrogen) atoms. The number of anilines is 1. The van der Waals surface area contributed by atoms with E-state index in [1.807, 2.05) is 4.90 Å². The van der Waals surface area contributed by atoms with Gasteiger partial charge >= 0.3 is 11.4 Å². The molecule has 12 nitrogen and oxygen atoms in total. The van der Waals surface area contributed by atoms with Crippen molar-refractivity contribution < 1.29 is 14.5 Å². The summed E-state index contributed by atoms with van der Waals surface area (Å²) >= 11 is 0. The monoisotopic (exact) mass is 508 g/mol. The number of ether oxygens (including phenoxy) is 1. The van der Waals surface area contributed by atoms with Gasteiger partial charge in [-0.25, -0.2) is 4.79 Å². The molecule has 4 rings (SSSR count). The van der Waals surface area contributed by atoms with Crippen LogP contribution in [0.2, 0.25) is 0 Å². The fourth-order valence-electron chi connectivity index (χ4n) is 4.26. The van der Waals surface area contributed by atoms with Gasteiger partial charge in [-0.15, -0.1) is 0 Å². The van der Waals surface area contributed by atoms with Gasteiger partial charge in [-0.3, -0.25) is 38.7 Å². The van der Waals surface area contributed by atoms with E-state index in [1.165, 1.54) is 42.1 Å². The first-order valence-electron chi connectivity index (χ1n) is 11.9. The number of nitro benzene ring substituents is 1. The minimum absolute atomic E-state index is 0.110. The Labute approximate surface area is 212 Å². The van der Waals surface area contributed by atoms with Crippen LogP contribution in [0.25, 0.3) is 0 Å². The van der Waals surface area contributed by atoms with E-state index in [9.17, 15) is 24.5 Å². The van der Waals surface area contributed by atoms with Crippen LogP contribution >= 0.6 is 0 Å². The molecule has 1 fully saturated rings. The van der Waals surface area contributed by atoms with E-state index in [2.05, 4.69) is 9.88 Å². The summed E-state index contributed by atoms with van der Waals surface area (Å²) in [4.78, 5) is 56.1. The molecule has 0 unspecified atom stereocenters. The molecule has 0 bridgehead atoms. The zero-order valence-corrected chi connectivity index (χ0v) is 20.7. The molecule has 12 heteroatoms. The number of hydrogen-bond donors (Lipinski definition) is 0. The Kier molecular flexibility index (Phi) is 7.77. The Morgan fingerprint density at radius 2 is 1.81 bits per heavy atom. The normalized spacial score (nSPS) is 13.9. The van der Waals surface area contributed by atoms with Gasteiger partial charge in [0.2, 0.25) is 5.78 Å². The molecule has 2 aromatic heterocycles. The third kappa shape index (κ3) is 5.75. The van der Waals surface area contributed by atoms with Crippen LogP contribution < -0.4 is 20.9 Å². The fraction of sp³-hybridized carbons (Fsp3) is 0.360. The summed E-state index contributed by atoms with van der Waals surface area (Å²) in [5.41, 5.74) is -0.576. The summed E-state index contributed by atoms with van der Waals surface area (Å²) in [5, 5.41) is 11.6. The molecule has 1 aliphatic rings. The molecule has 194 valence electrons. The first kappa shape index (κ1) is 25.8. The SMILES string of the molecule is Cn1c(N2CCN(CCCOc3ccc(C(=O)c4ccccn4)cc3[N+](=O)[O-])CC2)cc(=O)n(C)c1=O. The molecule has 1 saturated heterocycles. The summed E-state index contributed by atoms with van der Waals surface area (Å²) in [6.45, 7) is 3.82. The first-order valence-corrected chi connectivity index (χ1v) is 11.9. The lowest BCUT2D eigenvalue weighted by atomic mass is 10.1. The number of benzene rings is 1. The van der Waals surface area contributed by atoms with E-state index >= 15 is 0 Å². The Bertz CT molecular complexity index is 1410. The number of carbonyl (C=O) groups excluding carboxylic acids is 1. The van der Waals surface area contributed by atoms with Crippen molar-refractivity contribution in [3.8, 4) is 5.75 Å². The van der Waals surface area contributed by atoms with Crippen molar-refractivity contribution in [1.82, 2.24) is 19.0 Å². The number of nitro groups is 1. The van der Waals surface area contributed by atoms with Crippen molar-refractivity contribution in [1.29, 1.82) is 0 Å². The van der Waals surface area contributed by atoms with Crippen LogP contribution in [0, 0.1) is 10.1 Å². The summed E-state index contributed by atoms with van der Waals surface area (Å²) in [5.74, 6) is 0.317. The summed E-state index contributed by atoms with van der Waals surface area (Å²) < 4.78 is 8.25. The fourth-order valence-corrected chi connectivity index (χ4v) is 4.26. The number of carbonyl (C=O) groups is 1. The molecule has 0 N–H and O–H groups in total. The van der Waals surface area contributed by atoms with E-state index in [1.54, 1.807) is 25.2 Å². The Hall–Kier alpha value is -4.32. The molecular weight excluding hydrogens is 480 g/mol. The molecular formula is C25H28N6O6. The van der Waals surface area contributed by atoms with Crippen molar-refractivity contribution in [3.63, 3.8) is 0 Å². The second-order valence-electron chi connectivity index (χ2n) is 8.76. The van der Waals surface area contributed by atoms with Gasteiger partial charge in [0.25, 0.3) is 5.56 Å². The van der Waals surface area contributed by atoms with Gasteiger partial charge in [0, 0.05) is 70.7 Å². The highest BCUT2D eigenvalue weighted by atomic mass is 16.6. The molecule has 0 amide bonds. The lowest BCUT2D eigenvalue weighted by molar-refractivity contribution is -0.385. The number of piperazine rings is 1. The van der Waals surface area contributed by atoms with Gasteiger partial charge < -0.3 is 9.64 Å². The highest BCUT2D eigenvalue weighted by Crippen LogP contribution is 2.29. The number of nitrogens with zero attached hydrogens (tertiary/aromatic N) is 6. The molecule has 3 heterocycles. The zero-order chi connectivity index (χ0) is 26.5. The number of ketones is 1. The molecule has 3 aromatic rings. The molecule has 0 atom stereocenters. The number of hydrogen-bond acceptors (Lipinski definition) is 9. The van der Waals surface area contributed by atoms with Crippen molar-refractivity contribution in [2.45, 2.75) is 6.42 Å². The van der Waals surface area contributed by atoms with Gasteiger partial charge in [-0.2, -0.15) is 0 Å². The Morgan fingerprint density at radius 1 is 1.05 bits per heavy atom. The quantitative estimate of drug-likeness (QED) is 0.181. The van der Waals surface area contributed by atoms with E-state index < -0.39 is 10.7 Å². The molecule has 1 aliphatic heterocycles. The smallest absolute Gasteiger partial charge is 0.332 e. The molecule has 0 spiro atoms. The average molecular weight is 509 g/mol.